The summed E-state index contributed by atoms with van der Waals surface area (Å²) in [7, 11) is 0. The average molecular weight is 415 g/mol. The molecule has 152 valence electrons. The van der Waals surface area contributed by atoms with Gasteiger partial charge in [-0.2, -0.15) is 0 Å². The lowest BCUT2D eigenvalue weighted by Gasteiger charge is -2.30. The van der Waals surface area contributed by atoms with E-state index in [9.17, 15) is 9.18 Å². The maximum atomic E-state index is 14.5. The van der Waals surface area contributed by atoms with E-state index in [1.165, 1.54) is 30.2 Å². The molecule has 0 amide bonds. The molecule has 3 rings (SSSR count). The van der Waals surface area contributed by atoms with Crippen molar-refractivity contribution in [1.29, 1.82) is 0 Å². The Morgan fingerprint density at radius 2 is 2.14 bits per heavy atom. The molecule has 1 aliphatic heterocycles. The summed E-state index contributed by atoms with van der Waals surface area (Å²) in [6, 6.07) is 4.64. The Balaban J connectivity index is 1.77. The number of halogens is 1. The van der Waals surface area contributed by atoms with Gasteiger partial charge in [-0.1, -0.05) is 23.0 Å². The largest absolute Gasteiger partial charge is 0.379 e. The van der Waals surface area contributed by atoms with Crippen molar-refractivity contribution in [2.75, 3.05) is 5.75 Å². The van der Waals surface area contributed by atoms with Gasteiger partial charge in [0.1, 0.15) is 11.5 Å². The van der Waals surface area contributed by atoms with Crippen LogP contribution in [0.1, 0.15) is 48.8 Å². The number of oxime groups is 1. The third-order valence-corrected chi connectivity index (χ3v) is 5.20. The second-order valence-corrected chi connectivity index (χ2v) is 8.22. The number of nitrogens with zero attached hydrogens (tertiary/aromatic N) is 4. The number of rotatable bonds is 6. The first kappa shape index (κ1) is 20.9. The van der Waals surface area contributed by atoms with Crippen molar-refractivity contribution in [1.82, 2.24) is 9.97 Å². The number of benzene rings is 1. The number of aromatic nitrogens is 2. The van der Waals surface area contributed by atoms with E-state index in [4.69, 9.17) is 10.6 Å². The molecule has 1 atom stereocenters. The summed E-state index contributed by atoms with van der Waals surface area (Å²) >= 11 is 1.46. The van der Waals surface area contributed by atoms with Crippen LogP contribution in [0.3, 0.4) is 0 Å². The Hall–Kier alpha value is -2.81. The molecule has 0 radical (unpaired) electrons. The molecule has 0 spiro atoms. The molecule has 2 aromatic rings. The van der Waals surface area contributed by atoms with E-state index in [-0.39, 0.29) is 29.6 Å². The monoisotopic (exact) mass is 415 g/mol. The molecular weight excluding hydrogens is 393 g/mol. The second kappa shape index (κ2) is 8.69. The van der Waals surface area contributed by atoms with Gasteiger partial charge in [-0.3, -0.25) is 9.79 Å². The summed E-state index contributed by atoms with van der Waals surface area (Å²) in [4.78, 5) is 30.2. The first-order valence-electron chi connectivity index (χ1n) is 9.07. The standard InChI is InChI=1S/C20H22FN5O2S/c1-12(2)26-28-18-11-23-16(10-24-18)17(27)9-13-4-5-15(21)14(8-13)20(3)6-7-29-19(22)25-20/h4-5,8,10-11H,6-7,9H2,1-3H3,(H2,22,25)/t20-/m0/s1. The normalized spacial score (nSPS) is 18.7. The van der Waals surface area contributed by atoms with Crippen molar-refractivity contribution in [3.8, 4) is 5.88 Å². The van der Waals surface area contributed by atoms with Gasteiger partial charge in [0, 0.05) is 17.7 Å². The SMILES string of the molecule is CC(C)=NOc1cnc(C(=O)Cc2ccc(F)c([C@]3(C)CCSC(N)=N3)c2)cn1. The average Bonchev–Trinajstić information content (AvgIpc) is 2.68. The fourth-order valence-electron chi connectivity index (χ4n) is 2.90. The molecule has 9 heteroatoms. The van der Waals surface area contributed by atoms with Gasteiger partial charge in [-0.05, 0) is 44.9 Å². The van der Waals surface area contributed by atoms with Crippen LogP contribution in [0, 0.1) is 5.82 Å². The number of carbonyl (C=O) groups excluding carboxylic acids is 1. The van der Waals surface area contributed by atoms with E-state index < -0.39 is 5.54 Å². The van der Waals surface area contributed by atoms with Gasteiger partial charge < -0.3 is 10.6 Å². The molecule has 0 saturated carbocycles. The van der Waals surface area contributed by atoms with Gasteiger partial charge in [0.05, 0.1) is 23.6 Å². The van der Waals surface area contributed by atoms with E-state index in [0.717, 1.165) is 11.5 Å². The highest BCUT2D eigenvalue weighted by atomic mass is 32.2. The molecule has 1 aromatic carbocycles. The maximum absolute atomic E-state index is 14.5. The van der Waals surface area contributed by atoms with Gasteiger partial charge in [0.15, 0.2) is 11.0 Å². The zero-order chi connectivity index (χ0) is 21.0. The minimum absolute atomic E-state index is 0.0679. The summed E-state index contributed by atoms with van der Waals surface area (Å²) in [6.45, 7) is 5.43. The van der Waals surface area contributed by atoms with Crippen LogP contribution in [0.2, 0.25) is 0 Å². The first-order chi connectivity index (χ1) is 13.8. The summed E-state index contributed by atoms with van der Waals surface area (Å²) in [5.74, 6) is 0.370. The predicted molar refractivity (Wildman–Crippen MR) is 112 cm³/mol. The Morgan fingerprint density at radius 3 is 2.79 bits per heavy atom. The lowest BCUT2D eigenvalue weighted by Crippen LogP contribution is -2.29. The molecular formula is C20H22FN5O2S. The lowest BCUT2D eigenvalue weighted by atomic mass is 9.87. The minimum atomic E-state index is -0.741. The third-order valence-electron chi connectivity index (χ3n) is 4.41. The zero-order valence-corrected chi connectivity index (χ0v) is 17.3. The predicted octanol–water partition coefficient (Wildman–Crippen LogP) is 3.48. The van der Waals surface area contributed by atoms with Crippen molar-refractivity contribution in [3.05, 3.63) is 53.2 Å². The Bertz CT molecular complexity index is 973. The summed E-state index contributed by atoms with van der Waals surface area (Å²) in [5, 5.41) is 4.23. The number of carbonyl (C=O) groups is 1. The van der Waals surface area contributed by atoms with E-state index >= 15 is 0 Å². The number of Topliss-reactive ketones (excluding diaryl/α,β-unsaturated/α-hetero) is 1. The van der Waals surface area contributed by atoms with Crippen molar-refractivity contribution >= 4 is 28.4 Å². The molecule has 0 unspecified atom stereocenters. The Kier molecular flexibility index (Phi) is 6.26. The zero-order valence-electron chi connectivity index (χ0n) is 16.5. The maximum Gasteiger partial charge on any atom is 0.267 e. The van der Waals surface area contributed by atoms with E-state index in [1.54, 1.807) is 26.0 Å². The smallest absolute Gasteiger partial charge is 0.267 e. The van der Waals surface area contributed by atoms with Crippen LogP contribution in [-0.2, 0) is 12.0 Å². The fourth-order valence-corrected chi connectivity index (χ4v) is 3.87. The summed E-state index contributed by atoms with van der Waals surface area (Å²) < 4.78 is 14.5. The fraction of sp³-hybridized carbons (Fsp3) is 0.350. The van der Waals surface area contributed by atoms with Crippen LogP contribution in [0.15, 0.2) is 40.7 Å². The van der Waals surface area contributed by atoms with Crippen molar-refractivity contribution in [3.63, 3.8) is 0 Å². The van der Waals surface area contributed by atoms with Crippen LogP contribution in [0.25, 0.3) is 0 Å². The van der Waals surface area contributed by atoms with Gasteiger partial charge >= 0.3 is 0 Å². The minimum Gasteiger partial charge on any atom is -0.379 e. The molecule has 2 heterocycles. The quantitative estimate of drug-likeness (QED) is 0.440. The highest BCUT2D eigenvalue weighted by molar-refractivity contribution is 8.13. The number of aliphatic imine (C=N–C) groups is 1. The highest BCUT2D eigenvalue weighted by Crippen LogP contribution is 2.36. The van der Waals surface area contributed by atoms with Gasteiger partial charge in [0.2, 0.25) is 0 Å². The summed E-state index contributed by atoms with van der Waals surface area (Å²) in [5.41, 5.74) is 7.15. The van der Waals surface area contributed by atoms with E-state index in [0.29, 0.717) is 22.7 Å². The van der Waals surface area contributed by atoms with Crippen molar-refractivity contribution in [2.24, 2.45) is 15.9 Å². The number of nitrogens with two attached hydrogens (primary N) is 1. The molecule has 29 heavy (non-hydrogen) atoms. The van der Waals surface area contributed by atoms with Crippen molar-refractivity contribution < 1.29 is 14.0 Å². The molecule has 0 saturated heterocycles. The van der Waals surface area contributed by atoms with Crippen LogP contribution in [0.4, 0.5) is 4.39 Å². The highest BCUT2D eigenvalue weighted by Gasteiger charge is 2.32. The number of thioether (sulfide) groups is 1. The topological polar surface area (TPSA) is 103 Å². The van der Waals surface area contributed by atoms with Crippen LogP contribution < -0.4 is 10.6 Å². The molecule has 0 fully saturated rings. The molecule has 7 nitrogen and oxygen atoms in total. The second-order valence-electron chi connectivity index (χ2n) is 7.11. The van der Waals surface area contributed by atoms with Crippen molar-refractivity contribution in [2.45, 2.75) is 39.2 Å². The van der Waals surface area contributed by atoms with Crippen LogP contribution in [-0.4, -0.2) is 32.4 Å². The van der Waals surface area contributed by atoms with Crippen LogP contribution in [0.5, 0.6) is 5.88 Å². The Morgan fingerprint density at radius 1 is 1.34 bits per heavy atom. The number of ketones is 1. The number of hydrogen-bond acceptors (Lipinski definition) is 8. The molecule has 0 bridgehead atoms. The van der Waals surface area contributed by atoms with Gasteiger partial charge in [-0.15, -0.1) is 0 Å². The molecule has 1 aromatic heterocycles. The van der Waals surface area contributed by atoms with Crippen LogP contribution >= 0.6 is 11.8 Å². The van der Waals surface area contributed by atoms with Gasteiger partial charge in [0.25, 0.3) is 5.88 Å². The molecule has 1 aliphatic rings. The number of amidine groups is 1. The molecule has 2 N–H and O–H groups in total. The Labute approximate surface area is 172 Å². The first-order valence-corrected chi connectivity index (χ1v) is 10.1. The molecule has 0 aliphatic carbocycles. The number of hydrogen-bond donors (Lipinski definition) is 1. The van der Waals surface area contributed by atoms with E-state index in [2.05, 4.69) is 20.1 Å². The lowest BCUT2D eigenvalue weighted by molar-refractivity contribution is 0.0987. The summed E-state index contributed by atoms with van der Waals surface area (Å²) in [6.07, 6.45) is 3.42. The van der Waals surface area contributed by atoms with Gasteiger partial charge in [-0.25, -0.2) is 14.4 Å². The third kappa shape index (κ3) is 5.17. The van der Waals surface area contributed by atoms with E-state index in [1.807, 2.05) is 6.92 Å².